The molecule has 2 nitrogen and oxygen atoms in total. The van der Waals surface area contributed by atoms with Crippen molar-refractivity contribution >= 4 is 0 Å². The summed E-state index contributed by atoms with van der Waals surface area (Å²) in [4.78, 5) is 2.68. The molecule has 15 heavy (non-hydrogen) atoms. The number of hydrogen-bond acceptors (Lipinski definition) is 2. The summed E-state index contributed by atoms with van der Waals surface area (Å²) in [6.07, 6.45) is 5.81. The van der Waals surface area contributed by atoms with Crippen LogP contribution in [0.5, 0.6) is 0 Å². The molecule has 1 aliphatic heterocycles. The SMILES string of the molecule is CC(C)NCC1CCN(CC2CC2)CC1. The van der Waals surface area contributed by atoms with Crippen molar-refractivity contribution in [3.8, 4) is 0 Å². The lowest BCUT2D eigenvalue weighted by Gasteiger charge is -2.32. The van der Waals surface area contributed by atoms with Gasteiger partial charge in [-0.05, 0) is 57.2 Å². The minimum absolute atomic E-state index is 0.648. The van der Waals surface area contributed by atoms with E-state index in [9.17, 15) is 0 Å². The van der Waals surface area contributed by atoms with Crippen molar-refractivity contribution in [3.63, 3.8) is 0 Å². The van der Waals surface area contributed by atoms with Crippen LogP contribution in [0.25, 0.3) is 0 Å². The zero-order valence-corrected chi connectivity index (χ0v) is 10.3. The molecule has 2 rings (SSSR count). The van der Waals surface area contributed by atoms with E-state index in [4.69, 9.17) is 0 Å². The minimum atomic E-state index is 0.648. The number of nitrogens with one attached hydrogen (secondary N) is 1. The highest BCUT2D eigenvalue weighted by Crippen LogP contribution is 2.31. The summed E-state index contributed by atoms with van der Waals surface area (Å²) in [7, 11) is 0. The molecule has 2 aliphatic rings. The van der Waals surface area contributed by atoms with Gasteiger partial charge in [-0.3, -0.25) is 0 Å². The molecule has 0 aromatic rings. The van der Waals surface area contributed by atoms with Gasteiger partial charge in [-0.15, -0.1) is 0 Å². The highest BCUT2D eigenvalue weighted by molar-refractivity contribution is 4.81. The molecular weight excluding hydrogens is 184 g/mol. The highest BCUT2D eigenvalue weighted by atomic mass is 15.1. The first-order valence-electron chi connectivity index (χ1n) is 6.70. The van der Waals surface area contributed by atoms with Crippen LogP contribution in [0.1, 0.15) is 39.5 Å². The molecule has 1 aliphatic carbocycles. The number of hydrogen-bond donors (Lipinski definition) is 1. The van der Waals surface area contributed by atoms with Gasteiger partial charge in [0.05, 0.1) is 0 Å². The summed E-state index contributed by atoms with van der Waals surface area (Å²) in [5.41, 5.74) is 0. The minimum Gasteiger partial charge on any atom is -0.314 e. The van der Waals surface area contributed by atoms with Crippen molar-refractivity contribution in [2.24, 2.45) is 11.8 Å². The van der Waals surface area contributed by atoms with Crippen molar-refractivity contribution in [2.75, 3.05) is 26.2 Å². The molecular formula is C13H26N2. The third-order valence-corrected chi connectivity index (χ3v) is 3.74. The smallest absolute Gasteiger partial charge is 0.00104 e. The Bertz CT molecular complexity index is 179. The Morgan fingerprint density at radius 1 is 1.07 bits per heavy atom. The third kappa shape index (κ3) is 4.12. The first kappa shape index (κ1) is 11.4. The average molecular weight is 210 g/mol. The summed E-state index contributed by atoms with van der Waals surface area (Å²) in [5.74, 6) is 2.00. The van der Waals surface area contributed by atoms with E-state index >= 15 is 0 Å². The van der Waals surface area contributed by atoms with E-state index in [0.717, 1.165) is 11.8 Å². The van der Waals surface area contributed by atoms with Gasteiger partial charge in [0.15, 0.2) is 0 Å². The largest absolute Gasteiger partial charge is 0.314 e. The normalized spacial score (nSPS) is 25.0. The molecule has 1 N–H and O–H groups in total. The van der Waals surface area contributed by atoms with Crippen LogP contribution in [0.15, 0.2) is 0 Å². The molecule has 0 aromatic carbocycles. The topological polar surface area (TPSA) is 15.3 Å². The Hall–Kier alpha value is -0.0800. The Morgan fingerprint density at radius 3 is 2.27 bits per heavy atom. The summed E-state index contributed by atoms with van der Waals surface area (Å²) in [5, 5.41) is 3.56. The number of piperidine rings is 1. The number of likely N-dealkylation sites (tertiary alicyclic amines) is 1. The van der Waals surface area contributed by atoms with Crippen LogP contribution in [0.3, 0.4) is 0 Å². The molecule has 0 radical (unpaired) electrons. The molecule has 0 unspecified atom stereocenters. The monoisotopic (exact) mass is 210 g/mol. The maximum Gasteiger partial charge on any atom is 0.00104 e. The van der Waals surface area contributed by atoms with E-state index in [2.05, 4.69) is 24.1 Å². The quantitative estimate of drug-likeness (QED) is 0.747. The van der Waals surface area contributed by atoms with Gasteiger partial charge in [0, 0.05) is 12.6 Å². The molecule has 0 atom stereocenters. The molecule has 1 saturated heterocycles. The van der Waals surface area contributed by atoms with Crippen molar-refractivity contribution in [2.45, 2.75) is 45.6 Å². The molecule has 88 valence electrons. The Labute approximate surface area is 94.4 Å². The third-order valence-electron chi connectivity index (χ3n) is 3.74. The van der Waals surface area contributed by atoms with Gasteiger partial charge in [-0.25, -0.2) is 0 Å². The molecule has 1 heterocycles. The van der Waals surface area contributed by atoms with Gasteiger partial charge < -0.3 is 10.2 Å². The van der Waals surface area contributed by atoms with E-state index in [0.29, 0.717) is 6.04 Å². The van der Waals surface area contributed by atoms with Crippen molar-refractivity contribution < 1.29 is 0 Å². The fourth-order valence-corrected chi connectivity index (χ4v) is 2.44. The van der Waals surface area contributed by atoms with Gasteiger partial charge >= 0.3 is 0 Å². The first-order chi connectivity index (χ1) is 7.24. The summed E-state index contributed by atoms with van der Waals surface area (Å²) in [6, 6.07) is 0.648. The first-order valence-corrected chi connectivity index (χ1v) is 6.70. The molecule has 1 saturated carbocycles. The molecule has 0 aromatic heterocycles. The van der Waals surface area contributed by atoms with Gasteiger partial charge in [-0.1, -0.05) is 13.8 Å². The van der Waals surface area contributed by atoms with E-state index < -0.39 is 0 Å². The Balaban J connectivity index is 1.58. The zero-order valence-electron chi connectivity index (χ0n) is 10.3. The van der Waals surface area contributed by atoms with Crippen LogP contribution in [0, 0.1) is 11.8 Å². The number of rotatable bonds is 5. The van der Waals surface area contributed by atoms with Crippen molar-refractivity contribution in [1.29, 1.82) is 0 Å². The van der Waals surface area contributed by atoms with Crippen LogP contribution in [-0.4, -0.2) is 37.1 Å². The van der Waals surface area contributed by atoms with E-state index in [1.807, 2.05) is 0 Å². The second kappa shape index (κ2) is 5.31. The molecule has 0 spiro atoms. The van der Waals surface area contributed by atoms with E-state index in [1.165, 1.54) is 51.9 Å². The second-order valence-corrected chi connectivity index (χ2v) is 5.75. The maximum absolute atomic E-state index is 3.56. The van der Waals surface area contributed by atoms with E-state index in [1.54, 1.807) is 0 Å². The predicted molar refractivity (Wildman–Crippen MR) is 65.0 cm³/mol. The standard InChI is InChI=1S/C13H26N2/c1-11(2)14-9-12-5-7-15(8-6-12)10-13-3-4-13/h11-14H,3-10H2,1-2H3. The van der Waals surface area contributed by atoms with Gasteiger partial charge in [0.25, 0.3) is 0 Å². The lowest BCUT2D eigenvalue weighted by molar-refractivity contribution is 0.175. The van der Waals surface area contributed by atoms with Gasteiger partial charge in [-0.2, -0.15) is 0 Å². The maximum atomic E-state index is 3.56. The van der Waals surface area contributed by atoms with Gasteiger partial charge in [0.2, 0.25) is 0 Å². The summed E-state index contributed by atoms with van der Waals surface area (Å²) >= 11 is 0. The number of nitrogens with zero attached hydrogens (tertiary/aromatic N) is 1. The summed E-state index contributed by atoms with van der Waals surface area (Å²) in [6.45, 7) is 9.80. The lowest BCUT2D eigenvalue weighted by atomic mass is 9.96. The summed E-state index contributed by atoms with van der Waals surface area (Å²) < 4.78 is 0. The fraction of sp³-hybridized carbons (Fsp3) is 1.00. The van der Waals surface area contributed by atoms with Crippen LogP contribution in [0.4, 0.5) is 0 Å². The second-order valence-electron chi connectivity index (χ2n) is 5.75. The van der Waals surface area contributed by atoms with Crippen LogP contribution < -0.4 is 5.32 Å². The zero-order chi connectivity index (χ0) is 10.7. The van der Waals surface area contributed by atoms with Crippen LogP contribution in [0.2, 0.25) is 0 Å². The molecule has 0 amide bonds. The fourth-order valence-electron chi connectivity index (χ4n) is 2.44. The average Bonchev–Trinajstić information content (AvgIpc) is 3.01. The van der Waals surface area contributed by atoms with Gasteiger partial charge in [0.1, 0.15) is 0 Å². The predicted octanol–water partition coefficient (Wildman–Crippen LogP) is 2.11. The van der Waals surface area contributed by atoms with Crippen LogP contribution in [-0.2, 0) is 0 Å². The molecule has 2 heteroatoms. The lowest BCUT2D eigenvalue weighted by Crippen LogP contribution is -2.39. The van der Waals surface area contributed by atoms with Crippen LogP contribution >= 0.6 is 0 Å². The Kier molecular flexibility index (Phi) is 4.04. The highest BCUT2D eigenvalue weighted by Gasteiger charge is 2.26. The molecule has 2 fully saturated rings. The van der Waals surface area contributed by atoms with E-state index in [-0.39, 0.29) is 0 Å². The Morgan fingerprint density at radius 2 is 1.73 bits per heavy atom. The van der Waals surface area contributed by atoms with Crippen molar-refractivity contribution in [1.82, 2.24) is 10.2 Å². The molecule has 0 bridgehead atoms. The van der Waals surface area contributed by atoms with Crippen molar-refractivity contribution in [3.05, 3.63) is 0 Å².